The third-order valence-electron chi connectivity index (χ3n) is 4.00. The predicted molar refractivity (Wildman–Crippen MR) is 94.8 cm³/mol. The molecule has 0 bridgehead atoms. The minimum Gasteiger partial charge on any atom is -0.390 e. The molecule has 1 aromatic heterocycles. The van der Waals surface area contributed by atoms with E-state index in [-0.39, 0.29) is 41.5 Å². The van der Waals surface area contributed by atoms with Gasteiger partial charge in [0.05, 0.1) is 17.9 Å². The van der Waals surface area contributed by atoms with E-state index in [1.807, 2.05) is 5.48 Å². The van der Waals surface area contributed by atoms with Crippen molar-refractivity contribution in [2.45, 2.75) is 18.6 Å². The van der Waals surface area contributed by atoms with Crippen LogP contribution in [0.25, 0.3) is 0 Å². The largest absolute Gasteiger partial charge is 0.390 e. The quantitative estimate of drug-likeness (QED) is 0.259. The standard InChI is InChI=1S/C15H19FN6O4S/c1-27(17,25)7-10(23)6-18-14-13(21-26-22-14)15(20-24)19-12-4-8-2-3-9(16)5-11(8)12/h2-3,5,10,12,17,23-24H,4,6-7H2,1H3,(H,18,22)(H,19,20)/t10-,12+,27+/m1/s1. The van der Waals surface area contributed by atoms with Crippen LogP contribution in [0.5, 0.6) is 0 Å². The normalized spacial score (nSPS) is 19.6. The third-order valence-corrected chi connectivity index (χ3v) is 5.02. The molecule has 3 rings (SSSR count). The van der Waals surface area contributed by atoms with Crippen LogP contribution in [0.3, 0.4) is 0 Å². The molecule has 5 N–H and O–H groups in total. The molecule has 12 heteroatoms. The van der Waals surface area contributed by atoms with Crippen molar-refractivity contribution >= 4 is 21.4 Å². The van der Waals surface area contributed by atoms with E-state index in [1.165, 1.54) is 18.4 Å². The van der Waals surface area contributed by atoms with E-state index in [0.29, 0.717) is 6.42 Å². The molecule has 0 unspecified atom stereocenters. The summed E-state index contributed by atoms with van der Waals surface area (Å²) in [6.45, 7) is -0.0545. The molecule has 1 aliphatic rings. The highest BCUT2D eigenvalue weighted by molar-refractivity contribution is 7.91. The number of fused-ring (bicyclic) bond motifs is 1. The smallest absolute Gasteiger partial charge is 0.202 e. The molecular formula is C15H19FN6O4S. The fraction of sp³-hybridized carbons (Fsp3) is 0.400. The Bertz CT molecular complexity index is 961. The van der Waals surface area contributed by atoms with Gasteiger partial charge in [0.25, 0.3) is 0 Å². The second-order valence-corrected chi connectivity index (χ2v) is 8.66. The van der Waals surface area contributed by atoms with Crippen LogP contribution >= 0.6 is 0 Å². The third kappa shape index (κ3) is 4.59. The van der Waals surface area contributed by atoms with Crippen LogP contribution in [0.2, 0.25) is 0 Å². The summed E-state index contributed by atoms with van der Waals surface area (Å²) in [4.78, 5) is 4.32. The predicted octanol–water partition coefficient (Wildman–Crippen LogP) is 0.681. The van der Waals surface area contributed by atoms with Crippen molar-refractivity contribution in [2.75, 3.05) is 23.9 Å². The molecule has 0 amide bonds. The van der Waals surface area contributed by atoms with Gasteiger partial charge in [0.1, 0.15) is 5.82 Å². The molecule has 1 aliphatic carbocycles. The van der Waals surface area contributed by atoms with Gasteiger partial charge in [-0.15, -0.1) is 0 Å². The topological polar surface area (TPSA) is 157 Å². The number of hydrogen-bond acceptors (Lipinski definition) is 9. The average molecular weight is 398 g/mol. The van der Waals surface area contributed by atoms with E-state index < -0.39 is 15.8 Å². The summed E-state index contributed by atoms with van der Waals surface area (Å²) in [5.41, 5.74) is 3.69. The maximum Gasteiger partial charge on any atom is 0.202 e. The Morgan fingerprint density at radius 2 is 2.33 bits per heavy atom. The van der Waals surface area contributed by atoms with Gasteiger partial charge in [0.15, 0.2) is 11.5 Å². The summed E-state index contributed by atoms with van der Waals surface area (Å²) in [5.74, 6) is -0.508. The van der Waals surface area contributed by atoms with Crippen molar-refractivity contribution in [1.29, 1.82) is 4.78 Å². The van der Waals surface area contributed by atoms with Crippen molar-refractivity contribution < 1.29 is 23.5 Å². The molecule has 0 fully saturated rings. The van der Waals surface area contributed by atoms with Crippen LogP contribution in [0, 0.1) is 10.6 Å². The molecule has 0 spiro atoms. The van der Waals surface area contributed by atoms with Gasteiger partial charge in [-0.1, -0.05) is 6.07 Å². The van der Waals surface area contributed by atoms with Gasteiger partial charge in [-0.25, -0.2) is 9.02 Å². The SMILES string of the molecule is C[S@](=N)(=O)C[C@H](O)CNc1nonc1C(=N[C@H]1Cc2ccc(F)cc21)NO. The van der Waals surface area contributed by atoms with Crippen LogP contribution in [0.4, 0.5) is 10.2 Å². The summed E-state index contributed by atoms with van der Waals surface area (Å²) in [6.07, 6.45) is 0.773. The van der Waals surface area contributed by atoms with Gasteiger partial charge in [0, 0.05) is 22.5 Å². The van der Waals surface area contributed by atoms with Crippen LogP contribution in [0.15, 0.2) is 27.8 Å². The van der Waals surface area contributed by atoms with Crippen molar-refractivity contribution in [3.05, 3.63) is 40.8 Å². The van der Waals surface area contributed by atoms with Crippen LogP contribution in [-0.4, -0.2) is 55.3 Å². The summed E-state index contributed by atoms with van der Waals surface area (Å²) in [6, 6.07) is 4.10. The van der Waals surface area contributed by atoms with E-state index in [1.54, 1.807) is 6.07 Å². The Labute approximate surface area is 154 Å². The van der Waals surface area contributed by atoms with Crippen molar-refractivity contribution in [3.8, 4) is 0 Å². The number of aliphatic hydroxyl groups is 1. The Balaban J connectivity index is 1.73. The molecule has 2 aromatic rings. The fourth-order valence-electron chi connectivity index (χ4n) is 2.76. The highest BCUT2D eigenvalue weighted by atomic mass is 32.2. The molecule has 0 saturated carbocycles. The first kappa shape index (κ1) is 19.2. The van der Waals surface area contributed by atoms with Crippen LogP contribution < -0.4 is 10.8 Å². The molecule has 1 heterocycles. The van der Waals surface area contributed by atoms with Crippen molar-refractivity contribution in [3.63, 3.8) is 0 Å². The van der Waals surface area contributed by atoms with Gasteiger partial charge in [-0.2, -0.15) is 0 Å². The molecule has 0 saturated heterocycles. The number of nitrogens with zero attached hydrogens (tertiary/aromatic N) is 3. The van der Waals surface area contributed by atoms with Gasteiger partial charge < -0.3 is 10.4 Å². The number of rotatable bonds is 7. The maximum atomic E-state index is 13.4. The Kier molecular flexibility index (Phi) is 5.39. The number of aliphatic hydroxyl groups excluding tert-OH is 1. The van der Waals surface area contributed by atoms with Crippen molar-refractivity contribution in [1.82, 2.24) is 15.8 Å². The summed E-state index contributed by atoms with van der Waals surface area (Å²) in [5, 5.41) is 29.3. The van der Waals surface area contributed by atoms with E-state index in [4.69, 9.17) is 4.78 Å². The second kappa shape index (κ2) is 7.58. The number of aliphatic imine (C=N–C) groups is 1. The first-order valence-electron chi connectivity index (χ1n) is 7.99. The zero-order valence-corrected chi connectivity index (χ0v) is 15.2. The summed E-state index contributed by atoms with van der Waals surface area (Å²) < 4.78 is 36.8. The Morgan fingerprint density at radius 3 is 3.04 bits per heavy atom. The minimum atomic E-state index is -2.85. The lowest BCUT2D eigenvalue weighted by molar-refractivity contribution is 0.211. The summed E-state index contributed by atoms with van der Waals surface area (Å²) in [7, 11) is -2.85. The molecule has 10 nitrogen and oxygen atoms in total. The number of amidine groups is 1. The van der Waals surface area contributed by atoms with E-state index in [9.17, 15) is 18.9 Å². The zero-order chi connectivity index (χ0) is 19.6. The van der Waals surface area contributed by atoms with E-state index in [2.05, 4.69) is 25.3 Å². The first-order valence-corrected chi connectivity index (χ1v) is 10.1. The average Bonchev–Trinajstić information content (AvgIpc) is 3.03. The van der Waals surface area contributed by atoms with Gasteiger partial charge in [-0.05, 0) is 40.0 Å². The summed E-state index contributed by atoms with van der Waals surface area (Å²) >= 11 is 0. The van der Waals surface area contributed by atoms with Gasteiger partial charge >= 0.3 is 0 Å². The fourth-order valence-corrected chi connectivity index (χ4v) is 3.62. The first-order chi connectivity index (χ1) is 12.8. The number of benzene rings is 1. The number of anilines is 1. The molecule has 0 aliphatic heterocycles. The van der Waals surface area contributed by atoms with Crippen LogP contribution in [-0.2, 0) is 16.1 Å². The zero-order valence-electron chi connectivity index (χ0n) is 14.3. The molecule has 27 heavy (non-hydrogen) atoms. The molecule has 1 aromatic carbocycles. The lowest BCUT2D eigenvalue weighted by atomic mass is 9.83. The lowest BCUT2D eigenvalue weighted by Gasteiger charge is -2.27. The van der Waals surface area contributed by atoms with E-state index in [0.717, 1.165) is 11.1 Å². The van der Waals surface area contributed by atoms with Gasteiger partial charge in [-0.3, -0.25) is 24.7 Å². The van der Waals surface area contributed by atoms with Crippen molar-refractivity contribution in [2.24, 2.45) is 4.99 Å². The monoisotopic (exact) mass is 398 g/mol. The highest BCUT2D eigenvalue weighted by Crippen LogP contribution is 2.36. The second-order valence-electron chi connectivity index (χ2n) is 6.32. The van der Waals surface area contributed by atoms with Gasteiger partial charge in [0.2, 0.25) is 5.82 Å². The number of hydrogen-bond donors (Lipinski definition) is 5. The number of hydroxylamine groups is 1. The number of halogens is 1. The lowest BCUT2D eigenvalue weighted by Crippen LogP contribution is -2.29. The number of nitrogens with one attached hydrogen (secondary N) is 3. The molecule has 0 radical (unpaired) electrons. The number of aromatic nitrogens is 2. The molecule has 146 valence electrons. The molecular weight excluding hydrogens is 379 g/mol. The highest BCUT2D eigenvalue weighted by Gasteiger charge is 2.28. The Hall–Kier alpha value is -2.57. The Morgan fingerprint density at radius 1 is 1.56 bits per heavy atom. The molecule has 3 atom stereocenters. The minimum absolute atomic E-state index is 0.0343. The van der Waals surface area contributed by atoms with E-state index >= 15 is 0 Å². The maximum absolute atomic E-state index is 13.4. The van der Waals surface area contributed by atoms with Crippen LogP contribution in [0.1, 0.15) is 22.9 Å².